The quantitative estimate of drug-likeness (QED) is 0.760. The maximum Gasteiger partial charge on any atom is 0.223 e. The van der Waals surface area contributed by atoms with Gasteiger partial charge in [0.05, 0.1) is 12.7 Å². The average Bonchev–Trinajstić information content (AvgIpc) is 2.56. The Morgan fingerprint density at radius 2 is 2.00 bits per heavy atom. The van der Waals surface area contributed by atoms with Crippen LogP contribution in [-0.4, -0.2) is 27.0 Å². The maximum absolute atomic E-state index is 13.5. The molecule has 0 spiro atoms. The van der Waals surface area contributed by atoms with Crippen LogP contribution >= 0.6 is 0 Å². The molecule has 0 amide bonds. The van der Waals surface area contributed by atoms with Gasteiger partial charge in [-0.2, -0.15) is 9.97 Å². The number of aryl methyl sites for hydroxylation is 1. The molecule has 7 nitrogen and oxygen atoms in total. The van der Waals surface area contributed by atoms with Crippen molar-refractivity contribution < 1.29 is 9.13 Å². The van der Waals surface area contributed by atoms with Gasteiger partial charge in [0.2, 0.25) is 5.95 Å². The summed E-state index contributed by atoms with van der Waals surface area (Å²) in [6.07, 6.45) is 1.63. The van der Waals surface area contributed by atoms with Crippen LogP contribution in [0, 0.1) is 12.7 Å². The van der Waals surface area contributed by atoms with E-state index in [-0.39, 0.29) is 11.7 Å². The summed E-state index contributed by atoms with van der Waals surface area (Å²) in [4.78, 5) is 16.7. The number of rotatable bonds is 4. The van der Waals surface area contributed by atoms with Crippen molar-refractivity contribution in [3.63, 3.8) is 0 Å². The molecule has 0 atom stereocenters. The van der Waals surface area contributed by atoms with Crippen LogP contribution in [0.5, 0.6) is 5.75 Å². The van der Waals surface area contributed by atoms with E-state index in [0.29, 0.717) is 28.7 Å². The zero-order valence-electron chi connectivity index (χ0n) is 13.1. The van der Waals surface area contributed by atoms with E-state index in [0.717, 1.165) is 0 Å². The van der Waals surface area contributed by atoms with Gasteiger partial charge in [-0.1, -0.05) is 0 Å². The summed E-state index contributed by atoms with van der Waals surface area (Å²) >= 11 is 0. The van der Waals surface area contributed by atoms with E-state index in [1.165, 1.54) is 13.2 Å². The Morgan fingerprint density at radius 3 is 2.75 bits per heavy atom. The van der Waals surface area contributed by atoms with Crippen molar-refractivity contribution in [3.05, 3.63) is 48.2 Å². The summed E-state index contributed by atoms with van der Waals surface area (Å²) < 4.78 is 18.5. The van der Waals surface area contributed by atoms with Crippen molar-refractivity contribution in [1.29, 1.82) is 0 Å². The molecular formula is C16H15FN6O. The Bertz CT molecular complexity index is 866. The molecule has 0 saturated heterocycles. The molecule has 0 fully saturated rings. The number of hydrogen-bond donors (Lipinski definition) is 2. The average molecular weight is 326 g/mol. The van der Waals surface area contributed by atoms with E-state index in [2.05, 4.69) is 25.3 Å². The largest absolute Gasteiger partial charge is 0.494 e. The number of pyridine rings is 1. The number of nitrogens with one attached hydrogen (secondary N) is 1. The van der Waals surface area contributed by atoms with Gasteiger partial charge in [-0.25, -0.2) is 14.4 Å². The fraction of sp³-hybridized carbons (Fsp3) is 0.125. The Hall–Kier alpha value is -3.29. The summed E-state index contributed by atoms with van der Waals surface area (Å²) in [5.41, 5.74) is 6.96. The maximum atomic E-state index is 13.5. The van der Waals surface area contributed by atoms with Gasteiger partial charge in [0.1, 0.15) is 11.6 Å². The van der Waals surface area contributed by atoms with Crippen molar-refractivity contribution >= 4 is 17.5 Å². The van der Waals surface area contributed by atoms with Gasteiger partial charge in [-0.3, -0.25) is 0 Å². The van der Waals surface area contributed by atoms with Crippen LogP contribution in [0.25, 0.3) is 11.4 Å². The third kappa shape index (κ3) is 3.22. The fourth-order valence-corrected chi connectivity index (χ4v) is 2.18. The molecule has 3 N–H and O–H groups in total. The molecule has 0 aliphatic heterocycles. The Kier molecular flexibility index (Phi) is 4.19. The number of ether oxygens (including phenoxy) is 1. The molecule has 0 unspecified atom stereocenters. The number of methoxy groups -OCH3 is 1. The number of nitrogen functional groups attached to an aromatic ring is 1. The highest BCUT2D eigenvalue weighted by molar-refractivity contribution is 5.74. The Morgan fingerprint density at radius 1 is 1.17 bits per heavy atom. The zero-order valence-corrected chi connectivity index (χ0v) is 13.1. The number of aromatic nitrogens is 4. The second-order valence-electron chi connectivity index (χ2n) is 4.94. The first-order chi connectivity index (χ1) is 11.6. The molecule has 0 saturated carbocycles. The van der Waals surface area contributed by atoms with Gasteiger partial charge in [0.15, 0.2) is 17.4 Å². The molecule has 2 aromatic heterocycles. The van der Waals surface area contributed by atoms with Crippen LogP contribution in [0.3, 0.4) is 0 Å². The lowest BCUT2D eigenvalue weighted by Crippen LogP contribution is -2.04. The van der Waals surface area contributed by atoms with Crippen molar-refractivity contribution in [2.75, 3.05) is 18.2 Å². The molecule has 1 aromatic carbocycles. The first kappa shape index (κ1) is 15.6. The first-order valence-electron chi connectivity index (χ1n) is 7.11. The molecular weight excluding hydrogens is 311 g/mol. The minimum atomic E-state index is -0.440. The molecule has 122 valence electrons. The van der Waals surface area contributed by atoms with E-state index in [4.69, 9.17) is 10.5 Å². The summed E-state index contributed by atoms with van der Waals surface area (Å²) in [5.74, 6) is 1.26. The van der Waals surface area contributed by atoms with Crippen LogP contribution in [0.4, 0.5) is 21.8 Å². The van der Waals surface area contributed by atoms with E-state index in [1.54, 1.807) is 31.3 Å². The lowest BCUT2D eigenvalue weighted by atomic mass is 10.2. The Labute approximate surface area is 137 Å². The monoisotopic (exact) mass is 326 g/mol. The summed E-state index contributed by atoms with van der Waals surface area (Å²) in [6, 6.07) is 8.02. The number of benzene rings is 1. The molecule has 3 aromatic rings. The van der Waals surface area contributed by atoms with Crippen LogP contribution in [0.15, 0.2) is 36.5 Å². The van der Waals surface area contributed by atoms with E-state index in [9.17, 15) is 4.39 Å². The van der Waals surface area contributed by atoms with Crippen molar-refractivity contribution in [2.24, 2.45) is 0 Å². The number of hydrogen-bond acceptors (Lipinski definition) is 7. The van der Waals surface area contributed by atoms with Crippen molar-refractivity contribution in [3.8, 4) is 17.1 Å². The highest BCUT2D eigenvalue weighted by Crippen LogP contribution is 2.28. The Balaban J connectivity index is 2.01. The molecule has 2 heterocycles. The summed E-state index contributed by atoms with van der Waals surface area (Å²) in [6.45, 7) is 1.73. The molecule has 24 heavy (non-hydrogen) atoms. The van der Waals surface area contributed by atoms with Crippen molar-refractivity contribution in [2.45, 2.75) is 6.92 Å². The van der Waals surface area contributed by atoms with Crippen LogP contribution in [-0.2, 0) is 0 Å². The topological polar surface area (TPSA) is 98.8 Å². The number of nitrogens with two attached hydrogens (primary N) is 1. The van der Waals surface area contributed by atoms with Crippen LogP contribution < -0.4 is 15.8 Å². The van der Waals surface area contributed by atoms with Gasteiger partial charge >= 0.3 is 0 Å². The molecule has 8 heteroatoms. The van der Waals surface area contributed by atoms with Gasteiger partial charge in [0, 0.05) is 18.0 Å². The van der Waals surface area contributed by atoms with E-state index < -0.39 is 5.82 Å². The third-order valence-electron chi connectivity index (χ3n) is 3.23. The normalized spacial score (nSPS) is 10.5. The number of anilines is 3. The van der Waals surface area contributed by atoms with Gasteiger partial charge in [-0.05, 0) is 31.2 Å². The molecule has 0 bridgehead atoms. The summed E-state index contributed by atoms with van der Waals surface area (Å²) in [5, 5.41) is 3.11. The molecule has 0 aliphatic rings. The second kappa shape index (κ2) is 6.45. The predicted octanol–water partition coefficient (Wildman–Crippen LogP) is 2.72. The van der Waals surface area contributed by atoms with E-state index >= 15 is 0 Å². The van der Waals surface area contributed by atoms with Crippen molar-refractivity contribution in [1.82, 2.24) is 19.9 Å². The zero-order chi connectivity index (χ0) is 17.1. The minimum Gasteiger partial charge on any atom is -0.494 e. The van der Waals surface area contributed by atoms with Gasteiger partial charge in [-0.15, -0.1) is 0 Å². The van der Waals surface area contributed by atoms with Crippen LogP contribution in [0.2, 0.25) is 0 Å². The molecule has 0 aliphatic carbocycles. The van der Waals surface area contributed by atoms with Gasteiger partial charge in [0.25, 0.3) is 0 Å². The fourth-order valence-electron chi connectivity index (χ4n) is 2.18. The number of nitrogens with zero attached hydrogens (tertiary/aromatic N) is 4. The standard InChI is InChI=1S/C16H15FN6O/c1-9-20-15(23-16(18)21-9)11-4-3-7-19-14(11)22-10-5-6-12(17)13(8-10)24-2/h3-8H,1-2H3,(H,19,22)(H2,18,20,21,23). The lowest BCUT2D eigenvalue weighted by Gasteiger charge is -2.11. The number of halogens is 1. The molecule has 0 radical (unpaired) electrons. The van der Waals surface area contributed by atoms with E-state index in [1.807, 2.05) is 6.07 Å². The predicted molar refractivity (Wildman–Crippen MR) is 88.4 cm³/mol. The summed E-state index contributed by atoms with van der Waals surface area (Å²) in [7, 11) is 1.41. The van der Waals surface area contributed by atoms with Crippen LogP contribution in [0.1, 0.15) is 5.82 Å². The molecule has 3 rings (SSSR count). The highest BCUT2D eigenvalue weighted by Gasteiger charge is 2.12. The minimum absolute atomic E-state index is 0.135. The van der Waals surface area contributed by atoms with Gasteiger partial charge < -0.3 is 15.8 Å². The second-order valence-corrected chi connectivity index (χ2v) is 4.94. The first-order valence-corrected chi connectivity index (χ1v) is 7.11. The highest BCUT2D eigenvalue weighted by atomic mass is 19.1. The smallest absolute Gasteiger partial charge is 0.223 e. The SMILES string of the molecule is COc1cc(Nc2ncccc2-c2nc(C)nc(N)n2)ccc1F. The lowest BCUT2D eigenvalue weighted by molar-refractivity contribution is 0.387. The third-order valence-corrected chi connectivity index (χ3v) is 3.23.